The Morgan fingerprint density at radius 3 is 2.14 bits per heavy atom. The zero-order valence-corrected chi connectivity index (χ0v) is 18.6. The normalized spacial score (nSPS) is 11.1. The second-order valence-electron chi connectivity index (χ2n) is 7.08. The molecule has 0 saturated heterocycles. The van der Waals surface area contributed by atoms with Crippen molar-refractivity contribution in [3.8, 4) is 22.6 Å². The fraction of sp³-hybridized carbons (Fsp3) is 0.240. The first kappa shape index (κ1) is 21.0. The first-order chi connectivity index (χ1) is 14.0. The smallest absolute Gasteiger partial charge is 0.130 e. The van der Waals surface area contributed by atoms with Gasteiger partial charge in [0.15, 0.2) is 0 Å². The second kappa shape index (κ2) is 9.66. The molecule has 3 rings (SSSR count). The van der Waals surface area contributed by atoms with Crippen LogP contribution in [0.1, 0.15) is 18.1 Å². The van der Waals surface area contributed by atoms with Crippen LogP contribution >= 0.6 is 11.8 Å². The van der Waals surface area contributed by atoms with E-state index < -0.39 is 0 Å². The monoisotopic (exact) mass is 404 g/mol. The van der Waals surface area contributed by atoms with Gasteiger partial charge in [-0.3, -0.25) is 0 Å². The summed E-state index contributed by atoms with van der Waals surface area (Å²) in [5.74, 6) is 1.70. The van der Waals surface area contributed by atoms with Gasteiger partial charge in [-0.2, -0.15) is 0 Å². The standard InChI is InChI=1S/C25H28N2OS/c1-6-27(4)17-26-24-15-19(3)25(16-18(24)2)28-22-11-7-20(8-12-22)21-9-13-23(29-5)14-10-21/h7-17H,6H2,1-5H3/b26-17-. The van der Waals surface area contributed by atoms with Crippen LogP contribution in [0.5, 0.6) is 11.5 Å². The Bertz CT molecular complexity index is 979. The summed E-state index contributed by atoms with van der Waals surface area (Å²) in [5.41, 5.74) is 5.53. The van der Waals surface area contributed by atoms with Gasteiger partial charge in [0.1, 0.15) is 11.5 Å². The predicted octanol–water partition coefficient (Wildman–Crippen LogP) is 7.10. The first-order valence-electron chi connectivity index (χ1n) is 9.78. The van der Waals surface area contributed by atoms with Gasteiger partial charge < -0.3 is 9.64 Å². The van der Waals surface area contributed by atoms with Crippen LogP contribution in [-0.2, 0) is 0 Å². The Morgan fingerprint density at radius 2 is 1.55 bits per heavy atom. The van der Waals surface area contributed by atoms with E-state index in [4.69, 9.17) is 4.74 Å². The molecular formula is C25H28N2OS. The second-order valence-corrected chi connectivity index (χ2v) is 7.96. The summed E-state index contributed by atoms with van der Waals surface area (Å²) in [7, 11) is 2.02. The maximum Gasteiger partial charge on any atom is 0.130 e. The first-order valence-corrected chi connectivity index (χ1v) is 11.0. The lowest BCUT2D eigenvalue weighted by Gasteiger charge is -2.13. The molecule has 0 amide bonds. The van der Waals surface area contributed by atoms with Crippen molar-refractivity contribution < 1.29 is 4.74 Å². The van der Waals surface area contributed by atoms with Crippen molar-refractivity contribution in [1.82, 2.24) is 4.90 Å². The summed E-state index contributed by atoms with van der Waals surface area (Å²) in [5, 5.41) is 0. The number of aliphatic imine (C=N–C) groups is 1. The molecule has 0 aliphatic rings. The van der Waals surface area contributed by atoms with Gasteiger partial charge in [0.05, 0.1) is 12.0 Å². The van der Waals surface area contributed by atoms with Crippen LogP contribution in [0.2, 0.25) is 0 Å². The molecule has 0 unspecified atom stereocenters. The number of hydrogen-bond acceptors (Lipinski definition) is 3. The van der Waals surface area contributed by atoms with Gasteiger partial charge in [-0.1, -0.05) is 24.3 Å². The summed E-state index contributed by atoms with van der Waals surface area (Å²) >= 11 is 1.75. The number of hydrogen-bond donors (Lipinski definition) is 0. The van der Waals surface area contributed by atoms with Crippen molar-refractivity contribution in [1.29, 1.82) is 0 Å². The van der Waals surface area contributed by atoms with E-state index in [9.17, 15) is 0 Å². The van der Waals surface area contributed by atoms with Crippen LogP contribution in [0.15, 0.2) is 70.6 Å². The highest BCUT2D eigenvalue weighted by Gasteiger charge is 2.07. The Kier molecular flexibility index (Phi) is 6.99. The number of thioether (sulfide) groups is 1. The molecule has 3 nitrogen and oxygen atoms in total. The summed E-state index contributed by atoms with van der Waals surface area (Å²) in [6.07, 6.45) is 3.96. The van der Waals surface area contributed by atoms with E-state index in [-0.39, 0.29) is 0 Å². The van der Waals surface area contributed by atoms with Crippen molar-refractivity contribution in [3.05, 3.63) is 71.8 Å². The van der Waals surface area contributed by atoms with Gasteiger partial charge in [-0.15, -0.1) is 11.8 Å². The van der Waals surface area contributed by atoms with Gasteiger partial charge in [0, 0.05) is 18.5 Å². The molecule has 0 radical (unpaired) electrons. The zero-order valence-electron chi connectivity index (χ0n) is 17.8. The lowest BCUT2D eigenvalue weighted by atomic mass is 10.1. The summed E-state index contributed by atoms with van der Waals surface area (Å²) in [6, 6.07) is 21.0. The van der Waals surface area contributed by atoms with Gasteiger partial charge in [-0.05, 0) is 85.7 Å². The highest BCUT2D eigenvalue weighted by atomic mass is 32.2. The van der Waals surface area contributed by atoms with E-state index in [1.165, 1.54) is 16.0 Å². The third kappa shape index (κ3) is 5.42. The molecule has 29 heavy (non-hydrogen) atoms. The molecule has 150 valence electrons. The predicted molar refractivity (Wildman–Crippen MR) is 126 cm³/mol. The molecule has 0 spiro atoms. The van der Waals surface area contributed by atoms with Crippen LogP contribution in [0.4, 0.5) is 5.69 Å². The number of nitrogens with zero attached hydrogens (tertiary/aromatic N) is 2. The molecule has 0 N–H and O–H groups in total. The van der Waals surface area contributed by atoms with Gasteiger partial charge >= 0.3 is 0 Å². The molecule has 0 aromatic heterocycles. The minimum Gasteiger partial charge on any atom is -0.457 e. The van der Waals surface area contributed by atoms with E-state index in [0.29, 0.717) is 0 Å². The summed E-state index contributed by atoms with van der Waals surface area (Å²) in [6.45, 7) is 7.15. The van der Waals surface area contributed by atoms with E-state index in [1.54, 1.807) is 11.8 Å². The fourth-order valence-corrected chi connectivity index (χ4v) is 3.30. The minimum absolute atomic E-state index is 0.832. The number of rotatable bonds is 7. The van der Waals surface area contributed by atoms with Crippen LogP contribution in [0.25, 0.3) is 11.1 Å². The average Bonchev–Trinajstić information content (AvgIpc) is 2.75. The molecule has 0 atom stereocenters. The molecular weight excluding hydrogens is 376 g/mol. The van der Waals surface area contributed by atoms with Gasteiger partial charge in [0.25, 0.3) is 0 Å². The third-order valence-corrected chi connectivity index (χ3v) is 5.64. The van der Waals surface area contributed by atoms with E-state index in [1.807, 2.05) is 25.5 Å². The molecule has 0 bridgehead atoms. The number of ether oxygens (including phenoxy) is 1. The van der Waals surface area contributed by atoms with E-state index >= 15 is 0 Å². The third-order valence-electron chi connectivity index (χ3n) is 4.89. The quantitative estimate of drug-likeness (QED) is 0.239. The Labute approximate surface area is 178 Å². The molecule has 4 heteroatoms. The molecule has 0 aliphatic carbocycles. The number of benzene rings is 3. The Balaban J connectivity index is 1.75. The summed E-state index contributed by atoms with van der Waals surface area (Å²) in [4.78, 5) is 7.91. The van der Waals surface area contributed by atoms with Gasteiger partial charge in [0.2, 0.25) is 0 Å². The average molecular weight is 405 g/mol. The molecule has 3 aromatic rings. The van der Waals surface area contributed by atoms with Gasteiger partial charge in [-0.25, -0.2) is 4.99 Å². The Morgan fingerprint density at radius 1 is 0.931 bits per heavy atom. The fourth-order valence-electron chi connectivity index (χ4n) is 2.89. The zero-order chi connectivity index (χ0) is 20.8. The van der Waals surface area contributed by atoms with Crippen LogP contribution < -0.4 is 4.74 Å². The maximum absolute atomic E-state index is 6.15. The minimum atomic E-state index is 0.832. The van der Waals surface area contributed by atoms with Crippen LogP contribution in [0, 0.1) is 13.8 Å². The maximum atomic E-state index is 6.15. The molecule has 3 aromatic carbocycles. The van der Waals surface area contributed by atoms with Crippen LogP contribution in [0.3, 0.4) is 0 Å². The van der Waals surface area contributed by atoms with Crippen molar-refractivity contribution in [2.45, 2.75) is 25.7 Å². The molecule has 0 saturated carbocycles. The van der Waals surface area contributed by atoms with E-state index in [2.05, 4.69) is 85.5 Å². The van der Waals surface area contributed by atoms with Crippen molar-refractivity contribution in [2.75, 3.05) is 19.8 Å². The lowest BCUT2D eigenvalue weighted by molar-refractivity contribution is 0.478. The van der Waals surface area contributed by atoms with E-state index in [0.717, 1.165) is 34.9 Å². The lowest BCUT2D eigenvalue weighted by Crippen LogP contribution is -2.14. The molecule has 0 fully saturated rings. The topological polar surface area (TPSA) is 24.8 Å². The molecule has 0 heterocycles. The SMILES string of the molecule is CCN(C)/C=N\c1cc(C)c(Oc2ccc(-c3ccc(SC)cc3)cc2)cc1C. The Hall–Kier alpha value is -2.72. The molecule has 0 aliphatic heterocycles. The summed E-state index contributed by atoms with van der Waals surface area (Å²) < 4.78 is 6.15. The van der Waals surface area contributed by atoms with Crippen molar-refractivity contribution in [2.24, 2.45) is 4.99 Å². The van der Waals surface area contributed by atoms with Crippen molar-refractivity contribution >= 4 is 23.8 Å². The van der Waals surface area contributed by atoms with Crippen LogP contribution in [-0.4, -0.2) is 31.1 Å². The van der Waals surface area contributed by atoms with Crippen molar-refractivity contribution in [3.63, 3.8) is 0 Å². The largest absolute Gasteiger partial charge is 0.457 e. The highest BCUT2D eigenvalue weighted by Crippen LogP contribution is 2.32. The number of aryl methyl sites for hydroxylation is 2. The highest BCUT2D eigenvalue weighted by molar-refractivity contribution is 7.98.